The van der Waals surface area contributed by atoms with Crippen molar-refractivity contribution in [2.75, 3.05) is 20.3 Å². The molecule has 0 spiro atoms. The van der Waals surface area contributed by atoms with Crippen molar-refractivity contribution in [1.82, 2.24) is 14.9 Å². The fraction of sp³-hybridized carbons (Fsp3) is 0.500. The second kappa shape index (κ2) is 8.57. The molecule has 1 aromatic heterocycles. The molecule has 2 aromatic rings. The Morgan fingerprint density at radius 3 is 3.00 bits per heavy atom. The summed E-state index contributed by atoms with van der Waals surface area (Å²) in [6.45, 7) is 5.89. The van der Waals surface area contributed by atoms with Gasteiger partial charge in [-0.1, -0.05) is 30.3 Å². The van der Waals surface area contributed by atoms with E-state index in [0.717, 1.165) is 29.2 Å². The molecule has 5 nitrogen and oxygen atoms in total. The van der Waals surface area contributed by atoms with Crippen LogP contribution in [0.15, 0.2) is 23.4 Å². The normalized spacial score (nSPS) is 12.5. The summed E-state index contributed by atoms with van der Waals surface area (Å²) in [4.78, 5) is 16.8. The summed E-state index contributed by atoms with van der Waals surface area (Å²) in [5.74, 6) is -0.0137. The van der Waals surface area contributed by atoms with Crippen LogP contribution in [-0.4, -0.2) is 41.0 Å². The number of hydrogen-bond donors (Lipinski definition) is 1. The van der Waals surface area contributed by atoms with Gasteiger partial charge in [-0.05, 0) is 31.5 Å². The van der Waals surface area contributed by atoms with Gasteiger partial charge in [-0.25, -0.2) is 4.98 Å². The second-order valence-corrected chi connectivity index (χ2v) is 6.97. The van der Waals surface area contributed by atoms with Gasteiger partial charge in [0.25, 0.3) is 0 Å². The van der Waals surface area contributed by atoms with Gasteiger partial charge in [0, 0.05) is 25.2 Å². The largest absolute Gasteiger partial charge is 0.383 e. The summed E-state index contributed by atoms with van der Waals surface area (Å²) in [7, 11) is 1.61. The van der Waals surface area contributed by atoms with Crippen molar-refractivity contribution >= 4 is 40.3 Å². The van der Waals surface area contributed by atoms with Gasteiger partial charge in [-0.2, -0.15) is 0 Å². The molecule has 2 rings (SSSR count). The molecule has 126 valence electrons. The lowest BCUT2D eigenvalue weighted by atomic mass is 10.3. The number of rotatable bonds is 8. The maximum atomic E-state index is 12.1. The highest BCUT2D eigenvalue weighted by atomic mass is 35.5. The second-order valence-electron chi connectivity index (χ2n) is 5.22. The molecule has 1 N–H and O–H groups in total. The van der Waals surface area contributed by atoms with Crippen LogP contribution in [0.25, 0.3) is 11.0 Å². The van der Waals surface area contributed by atoms with Crippen molar-refractivity contribution in [1.29, 1.82) is 0 Å². The maximum absolute atomic E-state index is 12.1. The third-order valence-electron chi connectivity index (χ3n) is 3.38. The van der Waals surface area contributed by atoms with E-state index in [0.29, 0.717) is 18.2 Å². The van der Waals surface area contributed by atoms with Crippen molar-refractivity contribution in [3.05, 3.63) is 23.2 Å². The number of nitrogens with one attached hydrogen (secondary N) is 1. The van der Waals surface area contributed by atoms with E-state index in [9.17, 15) is 4.79 Å². The number of benzene rings is 1. The van der Waals surface area contributed by atoms with E-state index in [2.05, 4.69) is 21.8 Å². The van der Waals surface area contributed by atoms with Gasteiger partial charge in [0.1, 0.15) is 0 Å². The van der Waals surface area contributed by atoms with Crippen LogP contribution in [0.4, 0.5) is 0 Å². The van der Waals surface area contributed by atoms with Crippen LogP contribution in [0, 0.1) is 0 Å². The first kappa shape index (κ1) is 18.1. The van der Waals surface area contributed by atoms with Crippen LogP contribution in [0.3, 0.4) is 0 Å². The number of thioether (sulfide) groups is 1. The molecule has 1 atom stereocenters. The zero-order valence-corrected chi connectivity index (χ0v) is 15.2. The minimum atomic E-state index is -0.227. The van der Waals surface area contributed by atoms with E-state index in [4.69, 9.17) is 16.3 Å². The minimum Gasteiger partial charge on any atom is -0.383 e. The molecule has 0 unspecified atom stereocenters. The van der Waals surface area contributed by atoms with E-state index >= 15 is 0 Å². The summed E-state index contributed by atoms with van der Waals surface area (Å²) >= 11 is 7.52. The Morgan fingerprint density at radius 2 is 2.30 bits per heavy atom. The number of halogens is 1. The fourth-order valence-electron chi connectivity index (χ4n) is 2.24. The van der Waals surface area contributed by atoms with Gasteiger partial charge in [-0.15, -0.1) is 0 Å². The summed E-state index contributed by atoms with van der Waals surface area (Å²) in [5, 5.41) is 4.14. The number of amides is 1. The maximum Gasteiger partial charge on any atom is 0.233 e. The molecule has 1 amide bonds. The van der Waals surface area contributed by atoms with Crippen molar-refractivity contribution in [2.24, 2.45) is 0 Å². The standard InChI is InChI=1S/C16H22ClN3O2S/c1-4-8-20-14-6-5-12(17)10-13(14)19-16(20)23-11(2)15(21)18-7-9-22-3/h5-6,10-11H,4,7-9H2,1-3H3,(H,18,21)/t11-/m1/s1. The number of carbonyl (C=O) groups is 1. The first-order valence-electron chi connectivity index (χ1n) is 7.66. The highest BCUT2D eigenvalue weighted by molar-refractivity contribution is 8.00. The van der Waals surface area contributed by atoms with Crippen LogP contribution in [-0.2, 0) is 16.1 Å². The smallest absolute Gasteiger partial charge is 0.233 e. The zero-order valence-electron chi connectivity index (χ0n) is 13.6. The molecule has 0 fully saturated rings. The summed E-state index contributed by atoms with van der Waals surface area (Å²) < 4.78 is 7.09. The molecule has 0 saturated carbocycles. The van der Waals surface area contributed by atoms with E-state index in [-0.39, 0.29) is 11.2 Å². The Labute approximate surface area is 145 Å². The molecular weight excluding hydrogens is 334 g/mol. The number of imidazole rings is 1. The Hall–Kier alpha value is -1.24. The minimum absolute atomic E-state index is 0.0137. The molecule has 0 aliphatic heterocycles. The third kappa shape index (κ3) is 4.62. The lowest BCUT2D eigenvalue weighted by Gasteiger charge is -2.13. The van der Waals surface area contributed by atoms with Crippen molar-refractivity contribution in [3.8, 4) is 0 Å². The van der Waals surface area contributed by atoms with Crippen LogP contribution in [0.1, 0.15) is 20.3 Å². The average Bonchev–Trinajstić information content (AvgIpc) is 2.84. The Morgan fingerprint density at radius 1 is 1.52 bits per heavy atom. The fourth-order valence-corrected chi connectivity index (χ4v) is 3.38. The molecule has 1 heterocycles. The SMILES string of the molecule is CCCn1c(S[C@H](C)C(=O)NCCOC)nc2cc(Cl)ccc21. The number of fused-ring (bicyclic) bond motifs is 1. The number of nitrogens with zero attached hydrogens (tertiary/aromatic N) is 2. The molecule has 0 aliphatic carbocycles. The highest BCUT2D eigenvalue weighted by Gasteiger charge is 2.19. The number of aryl methyl sites for hydroxylation is 1. The first-order valence-corrected chi connectivity index (χ1v) is 8.91. The molecule has 7 heteroatoms. The quantitative estimate of drug-likeness (QED) is 0.583. The lowest BCUT2D eigenvalue weighted by Crippen LogP contribution is -2.33. The van der Waals surface area contributed by atoms with Crippen LogP contribution >= 0.6 is 23.4 Å². The Kier molecular flexibility index (Phi) is 6.74. The van der Waals surface area contributed by atoms with E-state index in [1.807, 2.05) is 25.1 Å². The monoisotopic (exact) mass is 355 g/mol. The van der Waals surface area contributed by atoms with E-state index in [1.165, 1.54) is 11.8 Å². The predicted octanol–water partition coefficient (Wildman–Crippen LogP) is 3.34. The van der Waals surface area contributed by atoms with Crippen molar-refractivity contribution in [2.45, 2.75) is 37.2 Å². The van der Waals surface area contributed by atoms with E-state index < -0.39 is 0 Å². The van der Waals surface area contributed by atoms with Crippen LogP contribution in [0.5, 0.6) is 0 Å². The van der Waals surface area contributed by atoms with Crippen LogP contribution < -0.4 is 5.32 Å². The summed E-state index contributed by atoms with van der Waals surface area (Å²) in [6.07, 6.45) is 0.996. The summed E-state index contributed by atoms with van der Waals surface area (Å²) in [6, 6.07) is 5.71. The predicted molar refractivity (Wildman–Crippen MR) is 95.2 cm³/mol. The number of carbonyl (C=O) groups excluding carboxylic acids is 1. The van der Waals surface area contributed by atoms with Gasteiger partial charge in [0.2, 0.25) is 5.91 Å². The van der Waals surface area contributed by atoms with Gasteiger partial charge in [0.15, 0.2) is 5.16 Å². The number of aromatic nitrogens is 2. The van der Waals surface area contributed by atoms with Gasteiger partial charge >= 0.3 is 0 Å². The average molecular weight is 356 g/mol. The zero-order chi connectivity index (χ0) is 16.8. The van der Waals surface area contributed by atoms with Crippen molar-refractivity contribution < 1.29 is 9.53 Å². The van der Waals surface area contributed by atoms with E-state index in [1.54, 1.807) is 7.11 Å². The molecule has 23 heavy (non-hydrogen) atoms. The van der Waals surface area contributed by atoms with Gasteiger partial charge < -0.3 is 14.6 Å². The lowest BCUT2D eigenvalue weighted by molar-refractivity contribution is -0.120. The summed E-state index contributed by atoms with van der Waals surface area (Å²) in [5.41, 5.74) is 1.91. The van der Waals surface area contributed by atoms with Gasteiger partial charge in [0.05, 0.1) is 22.9 Å². The van der Waals surface area contributed by atoms with Crippen molar-refractivity contribution in [3.63, 3.8) is 0 Å². The molecule has 0 saturated heterocycles. The Bertz CT molecular complexity index is 675. The molecular formula is C16H22ClN3O2S. The highest BCUT2D eigenvalue weighted by Crippen LogP contribution is 2.29. The number of methoxy groups -OCH3 is 1. The van der Waals surface area contributed by atoms with Crippen LogP contribution in [0.2, 0.25) is 5.02 Å². The first-order chi connectivity index (χ1) is 11.1. The molecule has 0 bridgehead atoms. The molecule has 1 aromatic carbocycles. The topological polar surface area (TPSA) is 56.2 Å². The number of ether oxygens (including phenoxy) is 1. The molecule has 0 radical (unpaired) electrons. The van der Waals surface area contributed by atoms with Gasteiger partial charge in [-0.3, -0.25) is 4.79 Å². The Balaban J connectivity index is 2.17. The third-order valence-corrected chi connectivity index (χ3v) is 4.70. The number of hydrogen-bond acceptors (Lipinski definition) is 4. The molecule has 0 aliphatic rings.